The van der Waals surface area contributed by atoms with Gasteiger partial charge in [0.25, 0.3) is 0 Å². The van der Waals surface area contributed by atoms with Crippen molar-refractivity contribution >= 4 is 11.8 Å². The molecular formula is C25H33N3O3. The Kier molecular flexibility index (Phi) is 8.06. The molecule has 1 heterocycles. The Morgan fingerprint density at radius 2 is 1.71 bits per heavy atom. The monoisotopic (exact) mass is 423 g/mol. The summed E-state index contributed by atoms with van der Waals surface area (Å²) in [4.78, 5) is 29.3. The van der Waals surface area contributed by atoms with E-state index in [1.54, 1.807) is 7.11 Å². The van der Waals surface area contributed by atoms with Crippen molar-refractivity contribution in [1.29, 1.82) is 0 Å². The van der Waals surface area contributed by atoms with Gasteiger partial charge in [0.2, 0.25) is 11.8 Å². The predicted molar refractivity (Wildman–Crippen MR) is 122 cm³/mol. The van der Waals surface area contributed by atoms with Crippen LogP contribution in [0.4, 0.5) is 0 Å². The number of benzene rings is 2. The molecule has 0 radical (unpaired) electrons. The maximum Gasteiger partial charge on any atom is 0.237 e. The number of nitrogens with zero attached hydrogens (tertiary/aromatic N) is 2. The summed E-state index contributed by atoms with van der Waals surface area (Å²) in [5, 5.41) is 3.04. The highest BCUT2D eigenvalue weighted by molar-refractivity contribution is 5.81. The number of piperazine rings is 1. The number of nitrogens with one attached hydrogen (secondary N) is 1. The maximum absolute atomic E-state index is 12.7. The molecule has 2 aromatic rings. The Morgan fingerprint density at radius 1 is 1.03 bits per heavy atom. The highest BCUT2D eigenvalue weighted by Gasteiger charge is 2.27. The molecule has 1 atom stereocenters. The zero-order valence-corrected chi connectivity index (χ0v) is 18.8. The summed E-state index contributed by atoms with van der Waals surface area (Å²) in [5.41, 5.74) is 3.39. The van der Waals surface area contributed by atoms with Crippen LogP contribution in [0.3, 0.4) is 0 Å². The minimum absolute atomic E-state index is 0.0354. The smallest absolute Gasteiger partial charge is 0.237 e. The molecule has 166 valence electrons. The van der Waals surface area contributed by atoms with E-state index < -0.39 is 0 Å². The average Bonchev–Trinajstić information content (AvgIpc) is 2.80. The molecule has 1 fully saturated rings. The van der Waals surface area contributed by atoms with Crippen molar-refractivity contribution in [3.8, 4) is 5.75 Å². The molecule has 3 rings (SSSR count). The molecule has 0 bridgehead atoms. The fourth-order valence-corrected chi connectivity index (χ4v) is 3.88. The van der Waals surface area contributed by atoms with Gasteiger partial charge < -0.3 is 15.0 Å². The van der Waals surface area contributed by atoms with Gasteiger partial charge >= 0.3 is 0 Å². The first-order valence-electron chi connectivity index (χ1n) is 10.9. The number of hydrogen-bond donors (Lipinski definition) is 1. The minimum atomic E-state index is -0.204. The van der Waals surface area contributed by atoms with Crippen molar-refractivity contribution in [3.63, 3.8) is 0 Å². The van der Waals surface area contributed by atoms with E-state index in [1.165, 1.54) is 0 Å². The zero-order chi connectivity index (χ0) is 22.2. The fourth-order valence-electron chi connectivity index (χ4n) is 3.88. The molecule has 2 amide bonds. The average molecular weight is 424 g/mol. The van der Waals surface area contributed by atoms with Gasteiger partial charge in [0.1, 0.15) is 5.75 Å². The van der Waals surface area contributed by atoms with Gasteiger partial charge in [0.15, 0.2) is 0 Å². The second-order valence-corrected chi connectivity index (χ2v) is 8.09. The molecule has 6 heteroatoms. The summed E-state index contributed by atoms with van der Waals surface area (Å²) in [6, 6.07) is 15.7. The summed E-state index contributed by atoms with van der Waals surface area (Å²) in [6.45, 7) is 7.33. The Labute approximate surface area is 185 Å². The van der Waals surface area contributed by atoms with Gasteiger partial charge in [-0.05, 0) is 49.1 Å². The van der Waals surface area contributed by atoms with E-state index in [0.29, 0.717) is 39.1 Å². The third kappa shape index (κ3) is 6.31. The van der Waals surface area contributed by atoms with Crippen LogP contribution in [0.25, 0.3) is 0 Å². The zero-order valence-electron chi connectivity index (χ0n) is 18.8. The molecule has 2 aromatic carbocycles. The second-order valence-electron chi connectivity index (χ2n) is 8.09. The summed E-state index contributed by atoms with van der Waals surface area (Å²) in [5.74, 6) is 1.02. The highest BCUT2D eigenvalue weighted by Crippen LogP contribution is 2.13. The van der Waals surface area contributed by atoms with Gasteiger partial charge in [0.05, 0.1) is 19.6 Å². The van der Waals surface area contributed by atoms with Crippen molar-refractivity contribution in [2.24, 2.45) is 0 Å². The van der Waals surface area contributed by atoms with E-state index in [2.05, 4.69) is 10.2 Å². The van der Waals surface area contributed by atoms with Gasteiger partial charge in [-0.2, -0.15) is 0 Å². The first-order valence-corrected chi connectivity index (χ1v) is 10.9. The molecule has 1 unspecified atom stereocenters. The first kappa shape index (κ1) is 22.8. The number of hydrogen-bond acceptors (Lipinski definition) is 4. The molecular weight excluding hydrogens is 390 g/mol. The molecule has 0 spiro atoms. The van der Waals surface area contributed by atoms with E-state index in [9.17, 15) is 9.59 Å². The van der Waals surface area contributed by atoms with Gasteiger partial charge in [-0.25, -0.2) is 0 Å². The van der Waals surface area contributed by atoms with Crippen molar-refractivity contribution in [2.45, 2.75) is 32.7 Å². The van der Waals surface area contributed by atoms with Crippen LogP contribution in [0.5, 0.6) is 5.75 Å². The van der Waals surface area contributed by atoms with E-state index >= 15 is 0 Å². The number of ether oxygens (including phenoxy) is 1. The largest absolute Gasteiger partial charge is 0.497 e. The standard InChI is InChI=1S/C25H33N3O3/c1-19-6-4-5-7-22(19)18-24(29)28-16-14-27(15-17-28)20(2)25(30)26-13-12-21-8-10-23(31-3)11-9-21/h4-11,20H,12-18H2,1-3H3,(H,26,30). The first-order chi connectivity index (χ1) is 15.0. The highest BCUT2D eigenvalue weighted by atomic mass is 16.5. The number of aryl methyl sites for hydroxylation is 1. The van der Waals surface area contributed by atoms with Crippen LogP contribution in [-0.2, 0) is 22.4 Å². The van der Waals surface area contributed by atoms with Crippen LogP contribution in [0.2, 0.25) is 0 Å². The Morgan fingerprint density at radius 3 is 2.35 bits per heavy atom. The maximum atomic E-state index is 12.7. The lowest BCUT2D eigenvalue weighted by molar-refractivity contribution is -0.133. The second kappa shape index (κ2) is 11.0. The Balaban J connectivity index is 1.40. The van der Waals surface area contributed by atoms with E-state index in [-0.39, 0.29) is 17.9 Å². The Hall–Kier alpha value is -2.86. The molecule has 0 saturated carbocycles. The lowest BCUT2D eigenvalue weighted by Crippen LogP contribution is -2.55. The van der Waals surface area contributed by atoms with Crippen LogP contribution in [0, 0.1) is 6.92 Å². The van der Waals surface area contributed by atoms with Crippen molar-refractivity contribution in [3.05, 3.63) is 65.2 Å². The number of rotatable bonds is 8. The molecule has 1 N–H and O–H groups in total. The fraction of sp³-hybridized carbons (Fsp3) is 0.440. The molecule has 1 aliphatic heterocycles. The summed E-state index contributed by atoms with van der Waals surface area (Å²) in [6.07, 6.45) is 1.22. The third-order valence-electron chi connectivity index (χ3n) is 6.07. The van der Waals surface area contributed by atoms with Crippen LogP contribution in [0.15, 0.2) is 48.5 Å². The van der Waals surface area contributed by atoms with Crippen LogP contribution in [-0.4, -0.2) is 67.5 Å². The number of carbonyl (C=O) groups is 2. The third-order valence-corrected chi connectivity index (χ3v) is 6.07. The molecule has 1 aliphatic rings. The Bertz CT molecular complexity index is 874. The molecule has 0 aromatic heterocycles. The predicted octanol–water partition coefficient (Wildman–Crippen LogP) is 2.44. The van der Waals surface area contributed by atoms with Gasteiger partial charge in [-0.15, -0.1) is 0 Å². The van der Waals surface area contributed by atoms with Gasteiger partial charge in [-0.3, -0.25) is 14.5 Å². The molecule has 6 nitrogen and oxygen atoms in total. The lowest BCUT2D eigenvalue weighted by Gasteiger charge is -2.37. The van der Waals surface area contributed by atoms with Crippen molar-refractivity contribution in [2.75, 3.05) is 39.8 Å². The van der Waals surface area contributed by atoms with Crippen LogP contribution < -0.4 is 10.1 Å². The SMILES string of the molecule is COc1ccc(CCNC(=O)C(C)N2CCN(C(=O)Cc3ccccc3C)CC2)cc1. The van der Waals surface area contributed by atoms with Crippen molar-refractivity contribution < 1.29 is 14.3 Å². The number of methoxy groups -OCH3 is 1. The van der Waals surface area contributed by atoms with Crippen LogP contribution in [0.1, 0.15) is 23.6 Å². The number of amides is 2. The number of carbonyl (C=O) groups excluding carboxylic acids is 2. The summed E-state index contributed by atoms with van der Waals surface area (Å²) >= 11 is 0. The molecule has 0 aliphatic carbocycles. The summed E-state index contributed by atoms with van der Waals surface area (Å²) in [7, 11) is 1.65. The quantitative estimate of drug-likeness (QED) is 0.709. The lowest BCUT2D eigenvalue weighted by atomic mass is 10.0. The van der Waals surface area contributed by atoms with Gasteiger partial charge in [0, 0.05) is 32.7 Å². The topological polar surface area (TPSA) is 61.9 Å². The minimum Gasteiger partial charge on any atom is -0.497 e. The van der Waals surface area contributed by atoms with Crippen LogP contribution >= 0.6 is 0 Å². The van der Waals surface area contributed by atoms with E-state index in [1.807, 2.05) is 67.3 Å². The van der Waals surface area contributed by atoms with Crippen molar-refractivity contribution in [1.82, 2.24) is 15.1 Å². The molecule has 31 heavy (non-hydrogen) atoms. The normalized spacial score (nSPS) is 15.4. The van der Waals surface area contributed by atoms with E-state index in [4.69, 9.17) is 4.74 Å². The summed E-state index contributed by atoms with van der Waals surface area (Å²) < 4.78 is 5.17. The van der Waals surface area contributed by atoms with E-state index in [0.717, 1.165) is 28.9 Å². The van der Waals surface area contributed by atoms with Gasteiger partial charge in [-0.1, -0.05) is 36.4 Å². The molecule has 1 saturated heterocycles.